The van der Waals surface area contributed by atoms with Gasteiger partial charge in [0, 0.05) is 5.56 Å². The van der Waals surface area contributed by atoms with Crippen LogP contribution in [0.25, 0.3) is 0 Å². The number of rotatable bonds is 1. The minimum Gasteiger partial charge on any atom is -0.454 e. The molecule has 0 spiro atoms. The Hall–Kier alpha value is -1.26. The lowest BCUT2D eigenvalue weighted by atomic mass is 10.1. The van der Waals surface area contributed by atoms with Gasteiger partial charge in [-0.2, -0.15) is 0 Å². The molecule has 0 amide bonds. The summed E-state index contributed by atoms with van der Waals surface area (Å²) in [7, 11) is 0. The molecule has 98 valence electrons. The summed E-state index contributed by atoms with van der Waals surface area (Å²) in [5, 5.41) is 2.28. The minimum atomic E-state index is 0.0950. The summed E-state index contributed by atoms with van der Waals surface area (Å²) in [6, 6.07) is 6.09. The monoisotopic (exact) mass is 250 g/mol. The van der Waals surface area contributed by atoms with Crippen molar-refractivity contribution < 1.29 is 19.5 Å². The first kappa shape index (κ1) is 11.8. The molecule has 1 saturated heterocycles. The number of fused-ring (bicyclic) bond motifs is 1. The number of ether oxygens (including phenoxy) is 3. The summed E-state index contributed by atoms with van der Waals surface area (Å²) in [5.41, 5.74) is 1.17. The van der Waals surface area contributed by atoms with Crippen molar-refractivity contribution in [2.24, 2.45) is 0 Å². The molecule has 0 aromatic heterocycles. The standard InChI is InChI=1S/C14H19NO3/c1-2-4-8-16-14(15-7-3-1)11-5-6-12-13(9-11)18-10-17-12/h5-6,9,14-15H,1-4,7-8,10H2/p+1/t14-/m1/s1. The Morgan fingerprint density at radius 1 is 1.00 bits per heavy atom. The molecule has 0 bridgehead atoms. The second kappa shape index (κ2) is 5.59. The molecular formula is C14H20NO3+. The van der Waals surface area contributed by atoms with Gasteiger partial charge in [0.05, 0.1) is 13.2 Å². The van der Waals surface area contributed by atoms with Gasteiger partial charge in [-0.15, -0.1) is 0 Å². The second-order valence-electron chi connectivity index (χ2n) is 4.84. The Morgan fingerprint density at radius 2 is 1.89 bits per heavy atom. The van der Waals surface area contributed by atoms with E-state index in [4.69, 9.17) is 14.2 Å². The fraction of sp³-hybridized carbons (Fsp3) is 0.571. The average molecular weight is 250 g/mol. The summed E-state index contributed by atoms with van der Waals surface area (Å²) >= 11 is 0. The van der Waals surface area contributed by atoms with Gasteiger partial charge in [0.1, 0.15) is 0 Å². The molecule has 1 fully saturated rings. The fourth-order valence-electron chi connectivity index (χ4n) is 2.47. The van der Waals surface area contributed by atoms with Gasteiger partial charge in [0.15, 0.2) is 11.5 Å². The van der Waals surface area contributed by atoms with E-state index in [1.807, 2.05) is 12.1 Å². The maximum absolute atomic E-state index is 5.96. The molecule has 2 aliphatic heterocycles. The van der Waals surface area contributed by atoms with Crippen LogP contribution in [0.4, 0.5) is 0 Å². The van der Waals surface area contributed by atoms with E-state index in [0.29, 0.717) is 6.79 Å². The molecule has 0 radical (unpaired) electrons. The SMILES string of the molecule is c1cc2c(cc1[C@@H]1[NH2+]CCCCCCO1)OCO2. The largest absolute Gasteiger partial charge is 0.454 e. The topological polar surface area (TPSA) is 44.3 Å². The van der Waals surface area contributed by atoms with E-state index in [0.717, 1.165) is 31.1 Å². The summed E-state index contributed by atoms with van der Waals surface area (Å²) in [5.74, 6) is 1.67. The first-order chi connectivity index (χ1) is 8.93. The van der Waals surface area contributed by atoms with E-state index in [2.05, 4.69) is 11.4 Å². The summed E-state index contributed by atoms with van der Waals surface area (Å²) in [4.78, 5) is 0. The Bertz CT molecular complexity index is 398. The van der Waals surface area contributed by atoms with Crippen LogP contribution in [0.5, 0.6) is 11.5 Å². The third-order valence-corrected chi connectivity index (χ3v) is 3.50. The lowest BCUT2D eigenvalue weighted by molar-refractivity contribution is -0.734. The first-order valence-corrected chi connectivity index (χ1v) is 6.78. The Kier molecular flexibility index (Phi) is 3.67. The normalized spacial score (nSPS) is 24.1. The molecule has 0 saturated carbocycles. The van der Waals surface area contributed by atoms with Crippen LogP contribution in [0.3, 0.4) is 0 Å². The number of hydrogen-bond acceptors (Lipinski definition) is 3. The third-order valence-electron chi connectivity index (χ3n) is 3.50. The van der Waals surface area contributed by atoms with Crippen LogP contribution >= 0.6 is 0 Å². The molecule has 4 nitrogen and oxygen atoms in total. The van der Waals surface area contributed by atoms with Gasteiger partial charge in [-0.3, -0.25) is 0 Å². The number of benzene rings is 1. The average Bonchev–Trinajstić information content (AvgIpc) is 2.90. The van der Waals surface area contributed by atoms with Crippen LogP contribution in [0, 0.1) is 0 Å². The molecular weight excluding hydrogens is 230 g/mol. The van der Waals surface area contributed by atoms with Crippen molar-refractivity contribution in [3.63, 3.8) is 0 Å². The number of nitrogens with two attached hydrogens (primary N) is 1. The molecule has 3 rings (SSSR count). The van der Waals surface area contributed by atoms with Crippen LogP contribution in [0.15, 0.2) is 18.2 Å². The highest BCUT2D eigenvalue weighted by molar-refractivity contribution is 5.44. The van der Waals surface area contributed by atoms with E-state index in [9.17, 15) is 0 Å². The molecule has 2 aliphatic rings. The Balaban J connectivity index is 1.74. The van der Waals surface area contributed by atoms with Gasteiger partial charge < -0.3 is 19.5 Å². The summed E-state index contributed by atoms with van der Waals surface area (Å²) in [6.45, 7) is 2.29. The van der Waals surface area contributed by atoms with Gasteiger partial charge >= 0.3 is 0 Å². The Morgan fingerprint density at radius 3 is 2.89 bits per heavy atom. The Labute approximate surface area is 107 Å². The smallest absolute Gasteiger partial charge is 0.231 e. The zero-order valence-corrected chi connectivity index (χ0v) is 10.6. The lowest BCUT2D eigenvalue weighted by Gasteiger charge is -2.15. The van der Waals surface area contributed by atoms with E-state index in [-0.39, 0.29) is 6.23 Å². The highest BCUT2D eigenvalue weighted by Crippen LogP contribution is 2.33. The van der Waals surface area contributed by atoms with Crippen molar-refractivity contribution in [1.82, 2.24) is 0 Å². The highest BCUT2D eigenvalue weighted by atomic mass is 16.7. The zero-order valence-electron chi connectivity index (χ0n) is 10.6. The van der Waals surface area contributed by atoms with Crippen molar-refractivity contribution >= 4 is 0 Å². The van der Waals surface area contributed by atoms with Gasteiger partial charge in [-0.25, -0.2) is 0 Å². The number of quaternary nitrogens is 1. The maximum atomic E-state index is 5.96. The van der Waals surface area contributed by atoms with Crippen LogP contribution in [0.2, 0.25) is 0 Å². The quantitative estimate of drug-likeness (QED) is 0.822. The van der Waals surface area contributed by atoms with Gasteiger partial charge in [0.25, 0.3) is 0 Å². The first-order valence-electron chi connectivity index (χ1n) is 6.78. The predicted molar refractivity (Wildman–Crippen MR) is 66.5 cm³/mol. The predicted octanol–water partition coefficient (Wildman–Crippen LogP) is 1.57. The van der Waals surface area contributed by atoms with Crippen LogP contribution in [-0.2, 0) is 4.74 Å². The van der Waals surface area contributed by atoms with E-state index < -0.39 is 0 Å². The fourth-order valence-corrected chi connectivity index (χ4v) is 2.47. The molecule has 2 N–H and O–H groups in total. The van der Waals surface area contributed by atoms with Crippen molar-refractivity contribution in [3.05, 3.63) is 23.8 Å². The van der Waals surface area contributed by atoms with Crippen molar-refractivity contribution in [3.8, 4) is 11.5 Å². The lowest BCUT2D eigenvalue weighted by Crippen LogP contribution is -2.85. The van der Waals surface area contributed by atoms with E-state index in [1.54, 1.807) is 0 Å². The van der Waals surface area contributed by atoms with E-state index >= 15 is 0 Å². The van der Waals surface area contributed by atoms with E-state index in [1.165, 1.54) is 24.8 Å². The zero-order chi connectivity index (χ0) is 12.2. The maximum Gasteiger partial charge on any atom is 0.231 e. The molecule has 0 unspecified atom stereocenters. The molecule has 1 aromatic rings. The third kappa shape index (κ3) is 2.60. The van der Waals surface area contributed by atoms with Gasteiger partial charge in [0.2, 0.25) is 13.0 Å². The number of hydrogen-bond donors (Lipinski definition) is 1. The van der Waals surface area contributed by atoms with Crippen LogP contribution in [0.1, 0.15) is 37.5 Å². The van der Waals surface area contributed by atoms with Crippen LogP contribution in [-0.4, -0.2) is 19.9 Å². The molecule has 0 aliphatic carbocycles. The van der Waals surface area contributed by atoms with Crippen molar-refractivity contribution in [2.75, 3.05) is 19.9 Å². The minimum absolute atomic E-state index is 0.0950. The van der Waals surface area contributed by atoms with Crippen molar-refractivity contribution in [2.45, 2.75) is 31.9 Å². The van der Waals surface area contributed by atoms with Crippen LogP contribution < -0.4 is 14.8 Å². The van der Waals surface area contributed by atoms with Crippen molar-refractivity contribution in [1.29, 1.82) is 0 Å². The summed E-state index contributed by atoms with van der Waals surface area (Å²) in [6.07, 6.45) is 5.12. The van der Waals surface area contributed by atoms with Gasteiger partial charge in [-0.1, -0.05) is 6.42 Å². The highest BCUT2D eigenvalue weighted by Gasteiger charge is 2.20. The molecule has 2 heterocycles. The molecule has 4 heteroatoms. The molecule has 1 aromatic carbocycles. The summed E-state index contributed by atoms with van der Waals surface area (Å²) < 4.78 is 16.7. The second-order valence-corrected chi connectivity index (χ2v) is 4.84. The molecule has 1 atom stereocenters. The molecule has 18 heavy (non-hydrogen) atoms. The van der Waals surface area contributed by atoms with Gasteiger partial charge in [-0.05, 0) is 37.5 Å².